The maximum Gasteiger partial charge on any atom is 0.297 e. The molecule has 9 heteroatoms. The van der Waals surface area contributed by atoms with Crippen LogP contribution in [0.3, 0.4) is 0 Å². The van der Waals surface area contributed by atoms with E-state index in [0.717, 1.165) is 21.9 Å². The Balaban J connectivity index is 1.82. The predicted molar refractivity (Wildman–Crippen MR) is 122 cm³/mol. The van der Waals surface area contributed by atoms with Crippen molar-refractivity contribution >= 4 is 55.1 Å². The molecule has 1 aliphatic rings. The standard InChI is InChI=1S/C23H14BrFN2O4S/c1-10-21(11(2)28)32-23(26-10)27-18(12-4-3-5-13(24)8-12)17-19(29)15-9-14(25)6-7-16(15)31-20(17)22(27)30/h3-9,18H,1-2H3. The number of thiazole rings is 1. The van der Waals surface area contributed by atoms with Gasteiger partial charge in [-0.05, 0) is 42.8 Å². The molecule has 0 aliphatic carbocycles. The first-order valence-corrected chi connectivity index (χ1v) is 11.2. The van der Waals surface area contributed by atoms with Crippen LogP contribution in [-0.4, -0.2) is 16.7 Å². The van der Waals surface area contributed by atoms with Crippen molar-refractivity contribution in [1.29, 1.82) is 0 Å². The third kappa shape index (κ3) is 3.11. The molecule has 1 amide bonds. The minimum Gasteiger partial charge on any atom is -0.450 e. The summed E-state index contributed by atoms with van der Waals surface area (Å²) < 4.78 is 20.4. The van der Waals surface area contributed by atoms with Crippen LogP contribution >= 0.6 is 27.3 Å². The zero-order valence-electron chi connectivity index (χ0n) is 16.8. The fraction of sp³-hybridized carbons (Fsp3) is 0.130. The summed E-state index contributed by atoms with van der Waals surface area (Å²) in [5.74, 6) is -1.40. The number of halogens is 2. The average molecular weight is 513 g/mol. The van der Waals surface area contributed by atoms with E-state index in [1.807, 2.05) is 6.07 Å². The number of anilines is 1. The van der Waals surface area contributed by atoms with Crippen LogP contribution in [0, 0.1) is 12.7 Å². The minimum atomic E-state index is -0.843. The van der Waals surface area contributed by atoms with E-state index in [9.17, 15) is 18.8 Å². The van der Waals surface area contributed by atoms with Crippen LogP contribution in [0.2, 0.25) is 0 Å². The third-order valence-electron chi connectivity index (χ3n) is 5.31. The molecule has 1 unspecified atom stereocenters. The highest BCUT2D eigenvalue weighted by Gasteiger charge is 2.45. The van der Waals surface area contributed by atoms with Crippen LogP contribution in [-0.2, 0) is 0 Å². The molecule has 3 heterocycles. The van der Waals surface area contributed by atoms with E-state index in [4.69, 9.17) is 4.42 Å². The lowest BCUT2D eigenvalue weighted by Crippen LogP contribution is -2.29. The number of amides is 1. The number of carbonyl (C=O) groups is 2. The lowest BCUT2D eigenvalue weighted by atomic mass is 9.99. The first-order valence-electron chi connectivity index (χ1n) is 9.60. The Kier molecular flexibility index (Phi) is 4.83. The number of rotatable bonds is 3. The Morgan fingerprint density at radius 3 is 2.69 bits per heavy atom. The monoisotopic (exact) mass is 512 g/mol. The van der Waals surface area contributed by atoms with Gasteiger partial charge in [0, 0.05) is 11.4 Å². The van der Waals surface area contributed by atoms with Crippen molar-refractivity contribution in [2.24, 2.45) is 0 Å². The van der Waals surface area contributed by atoms with Crippen LogP contribution in [0.25, 0.3) is 11.0 Å². The number of nitrogens with zero attached hydrogens (tertiary/aromatic N) is 2. The van der Waals surface area contributed by atoms with Crippen molar-refractivity contribution < 1.29 is 18.4 Å². The fourth-order valence-corrected chi connectivity index (χ4v) is 5.35. The largest absolute Gasteiger partial charge is 0.450 e. The van der Waals surface area contributed by atoms with Crippen molar-refractivity contribution in [1.82, 2.24) is 4.98 Å². The molecule has 4 aromatic rings. The topological polar surface area (TPSA) is 80.5 Å². The summed E-state index contributed by atoms with van der Waals surface area (Å²) in [4.78, 5) is 45.2. The summed E-state index contributed by atoms with van der Waals surface area (Å²) in [6.45, 7) is 3.13. The molecule has 0 N–H and O–H groups in total. The zero-order chi connectivity index (χ0) is 22.7. The quantitative estimate of drug-likeness (QED) is 0.342. The van der Waals surface area contributed by atoms with E-state index in [0.29, 0.717) is 16.1 Å². The summed E-state index contributed by atoms with van der Waals surface area (Å²) in [6, 6.07) is 9.95. The molecule has 1 atom stereocenters. The molecular weight excluding hydrogens is 499 g/mol. The second-order valence-electron chi connectivity index (χ2n) is 7.41. The van der Waals surface area contributed by atoms with Gasteiger partial charge in [-0.3, -0.25) is 19.3 Å². The third-order valence-corrected chi connectivity index (χ3v) is 7.06. The molecule has 160 valence electrons. The maximum absolute atomic E-state index is 13.9. The summed E-state index contributed by atoms with van der Waals surface area (Å²) in [5, 5.41) is 0.335. The molecule has 0 fully saturated rings. The molecule has 0 radical (unpaired) electrons. The highest BCUT2D eigenvalue weighted by atomic mass is 79.9. The number of Topliss-reactive ketones (excluding diaryl/α,β-unsaturated/α-hetero) is 1. The Hall–Kier alpha value is -3.17. The van der Waals surface area contributed by atoms with Gasteiger partial charge in [0.25, 0.3) is 5.91 Å². The van der Waals surface area contributed by atoms with E-state index >= 15 is 0 Å². The van der Waals surface area contributed by atoms with Crippen LogP contribution in [0.15, 0.2) is 56.1 Å². The smallest absolute Gasteiger partial charge is 0.297 e. The molecule has 1 aliphatic heterocycles. The molecule has 2 aromatic heterocycles. The van der Waals surface area contributed by atoms with E-state index in [1.165, 1.54) is 24.0 Å². The second kappa shape index (κ2) is 7.46. The first-order chi connectivity index (χ1) is 15.3. The van der Waals surface area contributed by atoms with Crippen molar-refractivity contribution in [2.45, 2.75) is 19.9 Å². The molecule has 0 saturated carbocycles. The molecule has 6 nitrogen and oxygen atoms in total. The van der Waals surface area contributed by atoms with E-state index in [-0.39, 0.29) is 33.2 Å². The number of ketones is 1. The summed E-state index contributed by atoms with van der Waals surface area (Å²) in [5.41, 5.74) is 0.899. The van der Waals surface area contributed by atoms with Gasteiger partial charge in [-0.25, -0.2) is 9.37 Å². The van der Waals surface area contributed by atoms with E-state index in [1.54, 1.807) is 25.1 Å². The summed E-state index contributed by atoms with van der Waals surface area (Å²) in [6.07, 6.45) is 0. The summed E-state index contributed by atoms with van der Waals surface area (Å²) >= 11 is 4.51. The number of hydrogen-bond donors (Lipinski definition) is 0. The first kappa shape index (κ1) is 20.7. The van der Waals surface area contributed by atoms with Gasteiger partial charge in [-0.2, -0.15) is 0 Å². The van der Waals surface area contributed by atoms with Crippen LogP contribution in [0.5, 0.6) is 0 Å². The highest BCUT2D eigenvalue weighted by molar-refractivity contribution is 9.10. The van der Waals surface area contributed by atoms with Gasteiger partial charge in [0.1, 0.15) is 11.4 Å². The van der Waals surface area contributed by atoms with E-state index < -0.39 is 23.2 Å². The number of aromatic nitrogens is 1. The highest BCUT2D eigenvalue weighted by Crippen LogP contribution is 2.43. The Labute approximate surface area is 193 Å². The van der Waals surface area contributed by atoms with Gasteiger partial charge >= 0.3 is 0 Å². The van der Waals surface area contributed by atoms with Crippen LogP contribution in [0.4, 0.5) is 9.52 Å². The molecule has 5 rings (SSSR count). The Morgan fingerprint density at radius 2 is 2.00 bits per heavy atom. The summed E-state index contributed by atoms with van der Waals surface area (Å²) in [7, 11) is 0. The molecular formula is C23H14BrFN2O4S. The van der Waals surface area contributed by atoms with Gasteiger partial charge in [0.2, 0.25) is 5.76 Å². The van der Waals surface area contributed by atoms with Gasteiger partial charge in [-0.1, -0.05) is 39.4 Å². The Morgan fingerprint density at radius 1 is 1.22 bits per heavy atom. The fourth-order valence-electron chi connectivity index (χ4n) is 3.95. The predicted octanol–water partition coefficient (Wildman–Crippen LogP) is 5.41. The lowest BCUT2D eigenvalue weighted by molar-refractivity contribution is 0.0969. The van der Waals surface area contributed by atoms with Crippen molar-refractivity contribution in [3.05, 3.63) is 90.4 Å². The number of benzene rings is 2. The normalized spacial score (nSPS) is 15.4. The van der Waals surface area contributed by atoms with Crippen molar-refractivity contribution in [3.8, 4) is 0 Å². The average Bonchev–Trinajstić information content (AvgIpc) is 3.26. The van der Waals surface area contributed by atoms with Crippen molar-refractivity contribution in [2.75, 3.05) is 4.90 Å². The van der Waals surface area contributed by atoms with Gasteiger partial charge < -0.3 is 4.42 Å². The molecule has 32 heavy (non-hydrogen) atoms. The van der Waals surface area contributed by atoms with Gasteiger partial charge in [0.15, 0.2) is 16.3 Å². The number of hydrogen-bond acceptors (Lipinski definition) is 6. The zero-order valence-corrected chi connectivity index (χ0v) is 19.2. The van der Waals surface area contributed by atoms with Crippen LogP contribution in [0.1, 0.15) is 50.0 Å². The minimum absolute atomic E-state index is 0.0538. The van der Waals surface area contributed by atoms with E-state index in [2.05, 4.69) is 20.9 Å². The maximum atomic E-state index is 13.9. The Bertz CT molecular complexity index is 1510. The SMILES string of the molecule is CC(=O)c1sc(N2C(=O)c3oc4ccc(F)cc4c(=O)c3C2c2cccc(Br)c2)nc1C. The molecule has 0 spiro atoms. The van der Waals surface area contributed by atoms with Crippen molar-refractivity contribution in [3.63, 3.8) is 0 Å². The van der Waals surface area contributed by atoms with Crippen LogP contribution < -0.4 is 10.3 Å². The molecule has 0 bridgehead atoms. The van der Waals surface area contributed by atoms with Gasteiger partial charge in [-0.15, -0.1) is 0 Å². The molecule has 2 aromatic carbocycles. The number of carbonyl (C=O) groups excluding carboxylic acids is 2. The molecule has 0 saturated heterocycles. The number of fused-ring (bicyclic) bond motifs is 2. The van der Waals surface area contributed by atoms with Gasteiger partial charge in [0.05, 0.1) is 27.6 Å². The lowest BCUT2D eigenvalue weighted by Gasteiger charge is -2.22. The number of aryl methyl sites for hydroxylation is 1. The second-order valence-corrected chi connectivity index (χ2v) is 9.31.